The van der Waals surface area contributed by atoms with E-state index in [-0.39, 0.29) is 18.1 Å². The lowest BCUT2D eigenvalue weighted by Gasteiger charge is -2.31. The van der Waals surface area contributed by atoms with Crippen molar-refractivity contribution < 1.29 is 28.6 Å². The molecule has 2 aliphatic heterocycles. The monoisotopic (exact) mass is 453 g/mol. The molecule has 33 heavy (non-hydrogen) atoms. The van der Waals surface area contributed by atoms with Gasteiger partial charge in [0.15, 0.2) is 0 Å². The predicted octanol–water partition coefficient (Wildman–Crippen LogP) is 2.75. The van der Waals surface area contributed by atoms with Crippen molar-refractivity contribution in [3.63, 3.8) is 0 Å². The Labute approximate surface area is 190 Å². The molecule has 1 atom stereocenters. The number of hydrogen-bond acceptors (Lipinski definition) is 5. The van der Waals surface area contributed by atoms with Crippen LogP contribution in [-0.2, 0) is 20.8 Å². The molecule has 0 aliphatic carbocycles. The number of halogens is 1. The number of carboxylic acids is 1. The Morgan fingerprint density at radius 3 is 2.67 bits per heavy atom. The minimum absolute atomic E-state index is 0.0621. The number of rotatable bonds is 6. The second kappa shape index (κ2) is 9.81. The molecular formula is C24H24FN3O5. The fourth-order valence-electron chi connectivity index (χ4n) is 3.94. The van der Waals surface area contributed by atoms with Crippen LogP contribution in [0.1, 0.15) is 24.0 Å². The highest BCUT2D eigenvalue weighted by Crippen LogP contribution is 2.25. The Hall–Kier alpha value is -3.75. The van der Waals surface area contributed by atoms with Crippen LogP contribution in [0.15, 0.2) is 42.6 Å². The first-order valence-corrected chi connectivity index (χ1v) is 10.8. The molecule has 1 saturated heterocycles. The summed E-state index contributed by atoms with van der Waals surface area (Å²) in [4.78, 5) is 41.6. The molecule has 2 N–H and O–H groups in total. The van der Waals surface area contributed by atoms with Gasteiger partial charge in [0.25, 0.3) is 0 Å². The zero-order valence-corrected chi connectivity index (χ0v) is 17.9. The zero-order chi connectivity index (χ0) is 23.4. The molecule has 8 nitrogen and oxygen atoms in total. The first-order chi connectivity index (χ1) is 15.9. The number of piperidine rings is 1. The molecule has 0 spiro atoms. The van der Waals surface area contributed by atoms with Crippen LogP contribution in [0, 0.1) is 17.7 Å². The summed E-state index contributed by atoms with van der Waals surface area (Å²) in [5, 5.41) is 11.7. The fourth-order valence-corrected chi connectivity index (χ4v) is 3.94. The fraction of sp³-hybridized carbons (Fsp3) is 0.333. The minimum atomic E-state index is -1.18. The van der Waals surface area contributed by atoms with Gasteiger partial charge in [-0.1, -0.05) is 0 Å². The maximum absolute atomic E-state index is 13.0. The molecule has 2 amide bonds. The molecular weight excluding hydrogens is 429 g/mol. The summed E-state index contributed by atoms with van der Waals surface area (Å²) in [6.07, 6.45) is 6.35. The lowest BCUT2D eigenvalue weighted by Crippen LogP contribution is -2.38. The van der Waals surface area contributed by atoms with E-state index < -0.39 is 17.8 Å². The summed E-state index contributed by atoms with van der Waals surface area (Å²) >= 11 is 0. The van der Waals surface area contributed by atoms with Crippen molar-refractivity contribution >= 4 is 29.7 Å². The zero-order valence-electron chi connectivity index (χ0n) is 17.9. The van der Waals surface area contributed by atoms with E-state index in [2.05, 4.69) is 10.3 Å². The summed E-state index contributed by atoms with van der Waals surface area (Å²) in [6.45, 7) is 1.77. The number of aromatic nitrogens is 1. The lowest BCUT2D eigenvalue weighted by molar-refractivity contribution is -0.145. The van der Waals surface area contributed by atoms with Crippen molar-refractivity contribution in [3.8, 4) is 5.75 Å². The van der Waals surface area contributed by atoms with Gasteiger partial charge in [0.2, 0.25) is 11.8 Å². The average Bonchev–Trinajstić information content (AvgIpc) is 2.82. The molecule has 9 heteroatoms. The summed E-state index contributed by atoms with van der Waals surface area (Å²) in [6, 6.07) is 7.66. The maximum atomic E-state index is 13.0. The van der Waals surface area contributed by atoms with E-state index in [4.69, 9.17) is 4.74 Å². The average molecular weight is 453 g/mol. The van der Waals surface area contributed by atoms with E-state index in [9.17, 15) is 23.9 Å². The Kier molecular flexibility index (Phi) is 6.67. The number of ether oxygens (including phenoxy) is 1. The summed E-state index contributed by atoms with van der Waals surface area (Å²) < 4.78 is 18.7. The summed E-state index contributed by atoms with van der Waals surface area (Å²) in [5.41, 5.74) is 1.28. The highest BCUT2D eigenvalue weighted by Gasteiger charge is 2.32. The van der Waals surface area contributed by atoms with E-state index in [0.717, 1.165) is 12.8 Å². The van der Waals surface area contributed by atoms with E-state index in [1.165, 1.54) is 24.4 Å². The number of aliphatic carboxylic acids is 1. The number of nitrogens with one attached hydrogen (secondary N) is 1. The largest absolute Gasteiger partial charge is 0.493 e. The second-order valence-electron chi connectivity index (χ2n) is 8.23. The highest BCUT2D eigenvalue weighted by molar-refractivity contribution is 6.06. The van der Waals surface area contributed by atoms with Crippen LogP contribution in [0.3, 0.4) is 0 Å². The Morgan fingerprint density at radius 1 is 1.24 bits per heavy atom. The second-order valence-corrected chi connectivity index (χ2v) is 8.23. The number of carbonyl (C=O) groups is 3. The van der Waals surface area contributed by atoms with Gasteiger partial charge in [0.1, 0.15) is 23.3 Å². The number of likely N-dealkylation sites (tertiary alicyclic amines) is 1. The number of hydrogen-bond donors (Lipinski definition) is 2. The van der Waals surface area contributed by atoms with Crippen molar-refractivity contribution in [2.75, 3.05) is 25.0 Å². The van der Waals surface area contributed by atoms with Gasteiger partial charge < -0.3 is 20.1 Å². The van der Waals surface area contributed by atoms with Gasteiger partial charge in [-0.3, -0.25) is 14.4 Å². The van der Waals surface area contributed by atoms with Crippen LogP contribution in [0.4, 0.5) is 10.2 Å². The Bertz CT molecular complexity index is 1080. The minimum Gasteiger partial charge on any atom is -0.493 e. The van der Waals surface area contributed by atoms with Gasteiger partial charge >= 0.3 is 5.97 Å². The topological polar surface area (TPSA) is 109 Å². The molecule has 0 saturated carbocycles. The third kappa shape index (κ3) is 5.54. The highest BCUT2D eigenvalue weighted by atomic mass is 19.1. The number of fused-ring (bicyclic) bond motifs is 1. The number of benzene rings is 1. The first kappa shape index (κ1) is 22.4. The lowest BCUT2D eigenvalue weighted by atomic mass is 9.94. The van der Waals surface area contributed by atoms with Gasteiger partial charge in [-0.05, 0) is 72.7 Å². The molecule has 0 radical (unpaired) electrons. The Morgan fingerprint density at radius 2 is 1.97 bits per heavy atom. The molecule has 1 aromatic carbocycles. The summed E-state index contributed by atoms with van der Waals surface area (Å²) in [5.74, 6) is -2.00. The third-order valence-corrected chi connectivity index (χ3v) is 5.91. The van der Waals surface area contributed by atoms with Crippen molar-refractivity contribution in [2.45, 2.75) is 19.3 Å². The molecule has 4 rings (SSSR count). The number of carboxylic acid groups (broad SMARTS) is 1. The van der Waals surface area contributed by atoms with Gasteiger partial charge in [-0.25, -0.2) is 9.37 Å². The number of anilines is 1. The normalized spacial score (nSPS) is 18.6. The van der Waals surface area contributed by atoms with E-state index in [0.29, 0.717) is 48.3 Å². The van der Waals surface area contributed by atoms with Crippen molar-refractivity contribution in [2.24, 2.45) is 11.8 Å². The standard InChI is InChI=1S/C24H24FN3O5/c25-18-2-4-19(5-3-18)33-14-15-7-9-28(10-8-15)21(29)6-1-16-11-17-12-20(24(31)32)23(30)27-22(17)26-13-16/h1-6,11,13,15,20H,7-10,12,14H2,(H,31,32)(H,26,27,30). The van der Waals surface area contributed by atoms with Crippen LogP contribution in [0.25, 0.3) is 6.08 Å². The van der Waals surface area contributed by atoms with Gasteiger partial charge in [-0.2, -0.15) is 0 Å². The van der Waals surface area contributed by atoms with Crippen LogP contribution in [0.5, 0.6) is 5.75 Å². The van der Waals surface area contributed by atoms with E-state index in [1.54, 1.807) is 29.2 Å². The van der Waals surface area contributed by atoms with Gasteiger partial charge in [0.05, 0.1) is 6.61 Å². The van der Waals surface area contributed by atoms with Crippen LogP contribution < -0.4 is 10.1 Å². The SMILES string of the molecule is O=C(O)C1Cc2cc(C=CC(=O)N3CCC(COc4ccc(F)cc4)CC3)cnc2NC1=O. The van der Waals surface area contributed by atoms with Gasteiger partial charge in [0, 0.05) is 25.4 Å². The quantitative estimate of drug-likeness (QED) is 0.514. The molecule has 1 aromatic heterocycles. The van der Waals surface area contributed by atoms with Crippen LogP contribution in [-0.4, -0.2) is 52.5 Å². The predicted molar refractivity (Wildman–Crippen MR) is 118 cm³/mol. The first-order valence-electron chi connectivity index (χ1n) is 10.8. The molecule has 2 aliphatic rings. The van der Waals surface area contributed by atoms with E-state index >= 15 is 0 Å². The number of amides is 2. The Balaban J connectivity index is 1.28. The number of pyridine rings is 1. The third-order valence-electron chi connectivity index (χ3n) is 5.91. The van der Waals surface area contributed by atoms with Gasteiger partial charge in [-0.15, -0.1) is 0 Å². The number of nitrogens with zero attached hydrogens (tertiary/aromatic N) is 2. The molecule has 3 heterocycles. The smallest absolute Gasteiger partial charge is 0.316 e. The van der Waals surface area contributed by atoms with Crippen LogP contribution >= 0.6 is 0 Å². The van der Waals surface area contributed by atoms with Crippen molar-refractivity contribution in [1.29, 1.82) is 0 Å². The molecule has 1 unspecified atom stereocenters. The van der Waals surface area contributed by atoms with E-state index in [1.807, 2.05) is 0 Å². The van der Waals surface area contributed by atoms with Crippen molar-refractivity contribution in [1.82, 2.24) is 9.88 Å². The summed E-state index contributed by atoms with van der Waals surface area (Å²) in [7, 11) is 0. The molecule has 2 aromatic rings. The van der Waals surface area contributed by atoms with Crippen molar-refractivity contribution in [3.05, 3.63) is 59.5 Å². The molecule has 0 bridgehead atoms. The number of carbonyl (C=O) groups excluding carboxylic acids is 2. The molecule has 172 valence electrons. The van der Waals surface area contributed by atoms with Crippen LogP contribution in [0.2, 0.25) is 0 Å². The maximum Gasteiger partial charge on any atom is 0.316 e. The molecule has 1 fully saturated rings.